The van der Waals surface area contributed by atoms with Crippen molar-refractivity contribution in [3.8, 4) is 0 Å². The van der Waals surface area contributed by atoms with Crippen LogP contribution in [0.25, 0.3) is 11.0 Å². The van der Waals surface area contributed by atoms with Crippen LogP contribution in [-0.2, 0) is 29.0 Å². The molecule has 0 atom stereocenters. The van der Waals surface area contributed by atoms with Crippen LogP contribution in [0.3, 0.4) is 0 Å². The van der Waals surface area contributed by atoms with Crippen LogP contribution in [0.4, 0.5) is 0 Å². The molecule has 0 aliphatic carbocycles. The minimum Gasteiger partial charge on any atom is -0.465 e. The second kappa shape index (κ2) is 9.62. The fourth-order valence-electron chi connectivity index (χ4n) is 3.42. The summed E-state index contributed by atoms with van der Waals surface area (Å²) in [5, 5.41) is 3.57. The molecule has 2 aromatic carbocycles. The Kier molecular flexibility index (Phi) is 6.47. The molecule has 8 heteroatoms. The van der Waals surface area contributed by atoms with Gasteiger partial charge < -0.3 is 14.6 Å². The Hall–Kier alpha value is -3.71. The van der Waals surface area contributed by atoms with Crippen molar-refractivity contribution in [1.82, 2.24) is 19.9 Å². The minimum absolute atomic E-state index is 0.0981. The highest BCUT2D eigenvalue weighted by atomic mass is 35.5. The first-order valence-electron chi connectivity index (χ1n) is 10.0. The molecule has 2 aromatic heterocycles. The number of amides is 1. The lowest BCUT2D eigenvalue weighted by Crippen LogP contribution is -2.26. The molecule has 162 valence electrons. The highest BCUT2D eigenvalue weighted by molar-refractivity contribution is 6.30. The number of methoxy groups -OCH3 is 1. The van der Waals surface area contributed by atoms with E-state index < -0.39 is 5.97 Å². The summed E-state index contributed by atoms with van der Waals surface area (Å²) in [5.74, 6) is 0.0163. The van der Waals surface area contributed by atoms with E-state index >= 15 is 0 Å². The van der Waals surface area contributed by atoms with Gasteiger partial charge in [-0.25, -0.2) is 9.78 Å². The first kappa shape index (κ1) is 21.5. The van der Waals surface area contributed by atoms with Crippen molar-refractivity contribution in [3.05, 3.63) is 94.5 Å². The lowest BCUT2D eigenvalue weighted by molar-refractivity contribution is -0.120. The summed E-state index contributed by atoms with van der Waals surface area (Å²) >= 11 is 6.02. The van der Waals surface area contributed by atoms with Crippen molar-refractivity contribution in [2.75, 3.05) is 7.11 Å². The topological polar surface area (TPSA) is 86.1 Å². The van der Waals surface area contributed by atoms with Crippen molar-refractivity contribution < 1.29 is 14.3 Å². The number of hydrogen-bond acceptors (Lipinski definition) is 5. The molecule has 1 N–H and O–H groups in total. The van der Waals surface area contributed by atoms with Gasteiger partial charge in [0.15, 0.2) is 0 Å². The van der Waals surface area contributed by atoms with Crippen LogP contribution in [0.5, 0.6) is 0 Å². The van der Waals surface area contributed by atoms with E-state index in [1.54, 1.807) is 24.5 Å². The van der Waals surface area contributed by atoms with Gasteiger partial charge in [-0.3, -0.25) is 9.78 Å². The van der Waals surface area contributed by atoms with Crippen LogP contribution in [0, 0.1) is 0 Å². The fourth-order valence-corrected chi connectivity index (χ4v) is 3.54. The summed E-state index contributed by atoms with van der Waals surface area (Å²) in [6.45, 7) is 0.920. The third-order valence-electron chi connectivity index (χ3n) is 5.06. The van der Waals surface area contributed by atoms with Gasteiger partial charge in [-0.05, 0) is 53.6 Å². The van der Waals surface area contributed by atoms with Gasteiger partial charge in [-0.15, -0.1) is 0 Å². The van der Waals surface area contributed by atoms with E-state index in [-0.39, 0.29) is 12.3 Å². The second-order valence-electron chi connectivity index (χ2n) is 7.24. The maximum atomic E-state index is 12.7. The molecular weight excluding hydrogens is 428 g/mol. The summed E-state index contributed by atoms with van der Waals surface area (Å²) in [5.41, 5.74) is 3.84. The average Bonchev–Trinajstić information content (AvgIpc) is 3.15. The SMILES string of the molecule is COC(=O)c1ccc2c(c1)nc(CC(=O)NCc1ccncc1)n2Cc1ccc(Cl)cc1. The molecule has 0 radical (unpaired) electrons. The monoisotopic (exact) mass is 448 g/mol. The minimum atomic E-state index is -0.434. The number of halogens is 1. The summed E-state index contributed by atoms with van der Waals surface area (Å²) in [6, 6.07) is 16.4. The highest BCUT2D eigenvalue weighted by Crippen LogP contribution is 2.21. The van der Waals surface area contributed by atoms with Crippen LogP contribution in [0.15, 0.2) is 67.0 Å². The zero-order valence-corrected chi connectivity index (χ0v) is 18.2. The van der Waals surface area contributed by atoms with Crippen LogP contribution in [-0.4, -0.2) is 33.5 Å². The Morgan fingerprint density at radius 3 is 2.50 bits per heavy atom. The lowest BCUT2D eigenvalue weighted by atomic mass is 10.2. The highest BCUT2D eigenvalue weighted by Gasteiger charge is 2.17. The van der Waals surface area contributed by atoms with E-state index in [0.717, 1.165) is 16.6 Å². The molecule has 0 fully saturated rings. The molecule has 2 heterocycles. The second-order valence-corrected chi connectivity index (χ2v) is 7.68. The number of pyridine rings is 1. The Morgan fingerprint density at radius 2 is 1.78 bits per heavy atom. The largest absolute Gasteiger partial charge is 0.465 e. The fraction of sp³-hybridized carbons (Fsp3) is 0.167. The lowest BCUT2D eigenvalue weighted by Gasteiger charge is -2.10. The first-order valence-corrected chi connectivity index (χ1v) is 10.4. The number of rotatable bonds is 7. The summed E-state index contributed by atoms with van der Waals surface area (Å²) in [7, 11) is 1.34. The number of imidazole rings is 1. The van der Waals surface area contributed by atoms with E-state index in [0.29, 0.717) is 35.0 Å². The number of aromatic nitrogens is 3. The average molecular weight is 449 g/mol. The quantitative estimate of drug-likeness (QED) is 0.435. The van der Waals surface area contributed by atoms with Gasteiger partial charge >= 0.3 is 5.97 Å². The van der Waals surface area contributed by atoms with E-state index in [2.05, 4.69) is 15.3 Å². The third kappa shape index (κ3) is 4.95. The molecule has 0 unspecified atom stereocenters. The molecule has 32 heavy (non-hydrogen) atoms. The number of nitrogens with one attached hydrogen (secondary N) is 1. The number of fused-ring (bicyclic) bond motifs is 1. The van der Waals surface area contributed by atoms with Crippen LogP contribution >= 0.6 is 11.6 Å². The van der Waals surface area contributed by atoms with Crippen LogP contribution in [0.2, 0.25) is 5.02 Å². The zero-order chi connectivity index (χ0) is 22.5. The number of benzene rings is 2. The molecule has 0 aliphatic heterocycles. The predicted molar refractivity (Wildman–Crippen MR) is 121 cm³/mol. The maximum Gasteiger partial charge on any atom is 0.337 e. The van der Waals surface area contributed by atoms with Gasteiger partial charge in [0.25, 0.3) is 0 Å². The smallest absolute Gasteiger partial charge is 0.337 e. The Balaban J connectivity index is 1.63. The molecule has 4 rings (SSSR count). The number of carbonyl (C=O) groups excluding carboxylic acids is 2. The number of ether oxygens (including phenoxy) is 1. The van der Waals surface area contributed by atoms with E-state index in [4.69, 9.17) is 16.3 Å². The van der Waals surface area contributed by atoms with Gasteiger partial charge in [0.05, 0.1) is 30.1 Å². The van der Waals surface area contributed by atoms with E-state index in [9.17, 15) is 9.59 Å². The third-order valence-corrected chi connectivity index (χ3v) is 5.31. The van der Waals surface area contributed by atoms with Gasteiger partial charge in [0, 0.05) is 30.5 Å². The van der Waals surface area contributed by atoms with Crippen LogP contribution < -0.4 is 5.32 Å². The van der Waals surface area contributed by atoms with Gasteiger partial charge in [-0.2, -0.15) is 0 Å². The number of esters is 1. The van der Waals surface area contributed by atoms with E-state index in [1.807, 2.05) is 47.0 Å². The van der Waals surface area contributed by atoms with Gasteiger partial charge in [0.1, 0.15) is 5.82 Å². The molecule has 1 amide bonds. The normalized spacial score (nSPS) is 10.8. The van der Waals surface area contributed by atoms with Crippen molar-refractivity contribution in [2.45, 2.75) is 19.5 Å². The number of hydrogen-bond donors (Lipinski definition) is 1. The Labute approximate surface area is 190 Å². The molecule has 0 saturated heterocycles. The first-order chi connectivity index (χ1) is 15.5. The van der Waals surface area contributed by atoms with Crippen molar-refractivity contribution in [3.63, 3.8) is 0 Å². The van der Waals surface area contributed by atoms with Gasteiger partial charge in [-0.1, -0.05) is 23.7 Å². The molecule has 0 saturated carbocycles. The number of nitrogens with zero attached hydrogens (tertiary/aromatic N) is 3. The van der Waals surface area contributed by atoms with E-state index in [1.165, 1.54) is 7.11 Å². The predicted octanol–water partition coefficient (Wildman–Crippen LogP) is 3.78. The molecule has 0 spiro atoms. The summed E-state index contributed by atoms with van der Waals surface area (Å²) < 4.78 is 6.79. The summed E-state index contributed by atoms with van der Waals surface area (Å²) in [6.07, 6.45) is 3.47. The van der Waals surface area contributed by atoms with Crippen molar-refractivity contribution >= 4 is 34.5 Å². The number of carbonyl (C=O) groups is 2. The standard InChI is InChI=1S/C24H21ClN4O3/c1-32-24(31)18-4-7-21-20(12-18)28-22(29(21)15-17-2-5-19(25)6-3-17)13-23(30)27-14-16-8-10-26-11-9-16/h2-12H,13-15H2,1H3,(H,27,30). The molecule has 0 bridgehead atoms. The maximum absolute atomic E-state index is 12.7. The van der Waals surface area contributed by atoms with Crippen LogP contribution in [0.1, 0.15) is 27.3 Å². The molecule has 7 nitrogen and oxygen atoms in total. The van der Waals surface area contributed by atoms with Gasteiger partial charge in [0.2, 0.25) is 5.91 Å². The zero-order valence-electron chi connectivity index (χ0n) is 17.4. The Bertz CT molecular complexity index is 1250. The Morgan fingerprint density at radius 1 is 1.03 bits per heavy atom. The summed E-state index contributed by atoms with van der Waals surface area (Å²) in [4.78, 5) is 33.2. The molecule has 0 aliphatic rings. The van der Waals surface area contributed by atoms with Crippen molar-refractivity contribution in [2.24, 2.45) is 0 Å². The van der Waals surface area contributed by atoms with Crippen molar-refractivity contribution in [1.29, 1.82) is 0 Å². The molecular formula is C24H21ClN4O3. The molecule has 4 aromatic rings.